The van der Waals surface area contributed by atoms with Crippen LogP contribution in [0.1, 0.15) is 70.5 Å². The number of carbonyl (C=O) groups is 1. The largest absolute Gasteiger partial charge is 0.493 e. The van der Waals surface area contributed by atoms with Gasteiger partial charge in [-0.2, -0.15) is 0 Å². The molecular weight excluding hydrogens is 362 g/mol. The van der Waals surface area contributed by atoms with Crippen molar-refractivity contribution in [2.24, 2.45) is 5.92 Å². The van der Waals surface area contributed by atoms with E-state index in [4.69, 9.17) is 4.74 Å². The highest BCUT2D eigenvalue weighted by atomic mass is 16.5. The molecule has 0 aliphatic rings. The molecule has 2 N–H and O–H groups in total. The molecule has 0 saturated carbocycles. The van der Waals surface area contributed by atoms with Gasteiger partial charge in [0.15, 0.2) is 0 Å². The molecule has 4 heteroatoms. The van der Waals surface area contributed by atoms with Crippen molar-refractivity contribution in [1.82, 2.24) is 5.32 Å². The number of hydrogen-bond acceptors (Lipinski definition) is 3. The van der Waals surface area contributed by atoms with E-state index in [9.17, 15) is 9.90 Å². The molecule has 0 saturated heterocycles. The van der Waals surface area contributed by atoms with Crippen molar-refractivity contribution >= 4 is 5.91 Å². The van der Waals surface area contributed by atoms with Crippen molar-refractivity contribution in [2.75, 3.05) is 6.61 Å². The Kier molecular flexibility index (Phi) is 8.27. The molecule has 2 rings (SSSR count). The van der Waals surface area contributed by atoms with Gasteiger partial charge in [-0.25, -0.2) is 0 Å². The first-order valence-corrected chi connectivity index (χ1v) is 10.5. The Bertz CT molecular complexity index is 750. The van der Waals surface area contributed by atoms with Gasteiger partial charge in [-0.3, -0.25) is 4.79 Å². The highest BCUT2D eigenvalue weighted by Crippen LogP contribution is 2.28. The van der Waals surface area contributed by atoms with Crippen LogP contribution in [0.3, 0.4) is 0 Å². The topological polar surface area (TPSA) is 58.6 Å². The molecule has 0 spiro atoms. The van der Waals surface area contributed by atoms with Gasteiger partial charge in [0.1, 0.15) is 5.75 Å². The zero-order chi connectivity index (χ0) is 21.4. The third-order valence-electron chi connectivity index (χ3n) is 5.22. The normalized spacial score (nSPS) is 14.7. The minimum Gasteiger partial charge on any atom is -0.493 e. The van der Waals surface area contributed by atoms with Gasteiger partial charge in [-0.1, -0.05) is 62.7 Å². The fraction of sp³-hybridized carbons (Fsp3) is 0.480. The molecule has 4 nitrogen and oxygen atoms in total. The summed E-state index contributed by atoms with van der Waals surface area (Å²) < 4.78 is 5.87. The van der Waals surface area contributed by atoms with Crippen LogP contribution in [-0.2, 0) is 4.79 Å². The van der Waals surface area contributed by atoms with Crippen LogP contribution in [0.25, 0.3) is 0 Å². The van der Waals surface area contributed by atoms with Crippen molar-refractivity contribution in [1.29, 1.82) is 0 Å². The Labute approximate surface area is 175 Å². The van der Waals surface area contributed by atoms with Gasteiger partial charge in [-0.15, -0.1) is 0 Å². The van der Waals surface area contributed by atoms with Gasteiger partial charge in [0, 0.05) is 0 Å². The molecule has 0 aromatic heterocycles. The molecule has 29 heavy (non-hydrogen) atoms. The van der Waals surface area contributed by atoms with Gasteiger partial charge in [0.05, 0.1) is 24.2 Å². The molecule has 0 bridgehead atoms. The Morgan fingerprint density at radius 2 is 1.66 bits per heavy atom. The minimum absolute atomic E-state index is 0.114. The van der Waals surface area contributed by atoms with Crippen LogP contribution in [0.4, 0.5) is 0 Å². The minimum atomic E-state index is -1.11. The smallest absolute Gasteiger partial charge is 0.227 e. The Morgan fingerprint density at radius 3 is 2.21 bits per heavy atom. The van der Waals surface area contributed by atoms with Gasteiger partial charge in [0.25, 0.3) is 0 Å². The van der Waals surface area contributed by atoms with E-state index in [-0.39, 0.29) is 11.8 Å². The molecule has 0 radical (unpaired) electrons. The molecule has 1 amide bonds. The second-order valence-electron chi connectivity index (χ2n) is 8.50. The number of ether oxygens (including phenoxy) is 1. The Hall–Kier alpha value is -2.33. The molecule has 2 aromatic rings. The Morgan fingerprint density at radius 1 is 1.03 bits per heavy atom. The van der Waals surface area contributed by atoms with Gasteiger partial charge >= 0.3 is 0 Å². The monoisotopic (exact) mass is 397 g/mol. The second kappa shape index (κ2) is 10.4. The van der Waals surface area contributed by atoms with Crippen LogP contribution in [0, 0.1) is 5.92 Å². The van der Waals surface area contributed by atoms with E-state index in [2.05, 4.69) is 19.2 Å². The van der Waals surface area contributed by atoms with Crippen molar-refractivity contribution in [3.63, 3.8) is 0 Å². The fourth-order valence-corrected chi connectivity index (χ4v) is 3.40. The summed E-state index contributed by atoms with van der Waals surface area (Å²) in [6.07, 6.45) is 2.29. The molecule has 2 unspecified atom stereocenters. The summed E-state index contributed by atoms with van der Waals surface area (Å²) in [6.45, 7) is 10.3. The van der Waals surface area contributed by atoms with Crippen LogP contribution >= 0.6 is 0 Å². The number of nitrogens with one attached hydrogen (secondary N) is 1. The van der Waals surface area contributed by atoms with Crippen LogP contribution in [0.5, 0.6) is 5.75 Å². The second-order valence-corrected chi connectivity index (χ2v) is 8.50. The van der Waals surface area contributed by atoms with Crippen LogP contribution in [0.15, 0.2) is 54.6 Å². The number of amides is 1. The summed E-state index contributed by atoms with van der Waals surface area (Å²) in [5.41, 5.74) is 0.689. The SMILES string of the molecule is CCCC(C)COc1ccc([C@@H](NC(=O)C(C)c2ccccc2)C(C)(C)O)cc1. The van der Waals surface area contributed by atoms with Gasteiger partial charge in [-0.05, 0) is 56.4 Å². The maximum Gasteiger partial charge on any atom is 0.227 e. The average Bonchev–Trinajstić information content (AvgIpc) is 2.70. The number of hydrogen-bond donors (Lipinski definition) is 2. The maximum atomic E-state index is 12.8. The summed E-state index contributed by atoms with van der Waals surface area (Å²) in [7, 11) is 0. The van der Waals surface area contributed by atoms with Crippen LogP contribution in [0.2, 0.25) is 0 Å². The number of rotatable bonds is 10. The van der Waals surface area contributed by atoms with Crippen LogP contribution in [-0.4, -0.2) is 23.2 Å². The first-order chi connectivity index (χ1) is 13.7. The molecular formula is C25H35NO3. The van der Waals surface area contributed by atoms with Crippen molar-refractivity contribution in [2.45, 2.75) is 65.0 Å². The van der Waals surface area contributed by atoms with Crippen LogP contribution < -0.4 is 10.1 Å². The summed E-state index contributed by atoms with van der Waals surface area (Å²) in [4.78, 5) is 12.8. The first kappa shape index (κ1) is 23.0. The lowest BCUT2D eigenvalue weighted by molar-refractivity contribution is -0.125. The van der Waals surface area contributed by atoms with E-state index in [1.54, 1.807) is 13.8 Å². The molecule has 0 aliphatic carbocycles. The molecule has 3 atom stereocenters. The zero-order valence-corrected chi connectivity index (χ0v) is 18.3. The van der Waals surface area contributed by atoms with E-state index in [0.717, 1.165) is 29.7 Å². The van der Waals surface area contributed by atoms with Crippen molar-refractivity contribution in [3.8, 4) is 5.75 Å². The maximum absolute atomic E-state index is 12.8. The lowest BCUT2D eigenvalue weighted by Crippen LogP contribution is -2.43. The van der Waals surface area contributed by atoms with E-state index >= 15 is 0 Å². The third-order valence-corrected chi connectivity index (χ3v) is 5.22. The lowest BCUT2D eigenvalue weighted by Gasteiger charge is -2.31. The van der Waals surface area contributed by atoms with E-state index in [1.165, 1.54) is 0 Å². The molecule has 0 fully saturated rings. The summed E-state index contributed by atoms with van der Waals surface area (Å²) in [5, 5.41) is 13.7. The zero-order valence-electron chi connectivity index (χ0n) is 18.3. The fourth-order valence-electron chi connectivity index (χ4n) is 3.40. The Balaban J connectivity index is 2.09. The molecule has 0 heterocycles. The quantitative estimate of drug-likeness (QED) is 0.577. The lowest BCUT2D eigenvalue weighted by atomic mass is 9.90. The van der Waals surface area contributed by atoms with Crippen molar-refractivity contribution < 1.29 is 14.6 Å². The molecule has 0 aliphatic heterocycles. The molecule has 158 valence electrons. The summed E-state index contributed by atoms with van der Waals surface area (Å²) in [5.74, 6) is 0.901. The predicted molar refractivity (Wildman–Crippen MR) is 118 cm³/mol. The first-order valence-electron chi connectivity index (χ1n) is 10.5. The highest BCUT2D eigenvalue weighted by molar-refractivity contribution is 5.83. The number of benzene rings is 2. The number of aliphatic hydroxyl groups is 1. The van der Waals surface area contributed by atoms with E-state index in [0.29, 0.717) is 12.5 Å². The van der Waals surface area contributed by atoms with Gasteiger partial charge < -0.3 is 15.2 Å². The average molecular weight is 398 g/mol. The highest BCUT2D eigenvalue weighted by Gasteiger charge is 2.31. The molecule has 2 aromatic carbocycles. The van der Waals surface area contributed by atoms with Crippen molar-refractivity contribution in [3.05, 3.63) is 65.7 Å². The predicted octanol–water partition coefficient (Wildman–Crippen LogP) is 5.23. The summed E-state index contributed by atoms with van der Waals surface area (Å²) >= 11 is 0. The third kappa shape index (κ3) is 6.90. The van der Waals surface area contributed by atoms with Gasteiger partial charge in [0.2, 0.25) is 5.91 Å². The van der Waals surface area contributed by atoms with E-state index < -0.39 is 11.6 Å². The van der Waals surface area contributed by atoms with E-state index in [1.807, 2.05) is 61.5 Å². The summed E-state index contributed by atoms with van der Waals surface area (Å²) in [6, 6.07) is 16.8. The standard InChI is InChI=1S/C25H35NO3/c1-6-10-18(2)17-29-22-15-13-21(14-16-22)23(25(4,5)28)26-24(27)19(3)20-11-8-7-9-12-20/h7-9,11-16,18-19,23,28H,6,10,17H2,1-5H3,(H,26,27)/t18?,19?,23-/m1/s1. The number of carbonyl (C=O) groups excluding carboxylic acids is 1.